The van der Waals surface area contributed by atoms with Gasteiger partial charge in [-0.15, -0.1) is 0 Å². The third-order valence-corrected chi connectivity index (χ3v) is 3.37. The van der Waals surface area contributed by atoms with Crippen molar-refractivity contribution in [2.45, 2.75) is 6.04 Å². The molecule has 2 heterocycles. The number of nitrogens with zero attached hydrogens (tertiary/aromatic N) is 3. The van der Waals surface area contributed by atoms with E-state index in [-0.39, 0.29) is 6.61 Å². The zero-order valence-electron chi connectivity index (χ0n) is 11.2. The van der Waals surface area contributed by atoms with Gasteiger partial charge in [-0.25, -0.2) is 9.78 Å². The number of hydrogen-bond acceptors (Lipinski definition) is 6. The molecule has 1 atom stereocenters. The molecular weight excluding hydrogens is 264 g/mol. The van der Waals surface area contributed by atoms with Crippen molar-refractivity contribution in [3.05, 3.63) is 12.3 Å². The van der Waals surface area contributed by atoms with Gasteiger partial charge in [-0.3, -0.25) is 4.90 Å². The number of aliphatic hydroxyl groups is 1. The number of piperazine rings is 1. The summed E-state index contributed by atoms with van der Waals surface area (Å²) in [5.41, 5.74) is 6.35. The predicted molar refractivity (Wildman–Crippen MR) is 73.0 cm³/mol. The second-order valence-corrected chi connectivity index (χ2v) is 4.54. The SMILES string of the molecule is COc1cc(N)ncc1N1CCN(C(=O)O)[C@H](CO)C1. The number of amides is 1. The maximum absolute atomic E-state index is 11.1. The summed E-state index contributed by atoms with van der Waals surface area (Å²) in [4.78, 5) is 18.3. The van der Waals surface area contributed by atoms with E-state index in [1.807, 2.05) is 4.90 Å². The van der Waals surface area contributed by atoms with Crippen LogP contribution in [0.2, 0.25) is 0 Å². The highest BCUT2D eigenvalue weighted by Crippen LogP contribution is 2.30. The molecule has 1 aromatic heterocycles. The number of aromatic nitrogens is 1. The zero-order valence-corrected chi connectivity index (χ0v) is 11.2. The van der Waals surface area contributed by atoms with Crippen LogP contribution in [0.1, 0.15) is 0 Å². The molecule has 1 fully saturated rings. The Morgan fingerprint density at radius 3 is 2.95 bits per heavy atom. The van der Waals surface area contributed by atoms with E-state index in [0.717, 1.165) is 5.69 Å². The molecule has 0 aliphatic carbocycles. The lowest BCUT2D eigenvalue weighted by Gasteiger charge is -2.40. The molecule has 1 aromatic rings. The standard InChI is InChI=1S/C12H18N4O4/c1-20-10-4-11(13)14-5-9(10)15-2-3-16(12(18)19)8(6-15)7-17/h4-5,8,17H,2-3,6-7H2,1H3,(H2,13,14)(H,18,19)/t8-/m0/s1. The number of nitrogen functional groups attached to an aromatic ring is 1. The van der Waals surface area contributed by atoms with Gasteiger partial charge in [0.05, 0.1) is 31.6 Å². The van der Waals surface area contributed by atoms with E-state index < -0.39 is 12.1 Å². The molecule has 0 bridgehead atoms. The quantitative estimate of drug-likeness (QED) is 0.705. The summed E-state index contributed by atoms with van der Waals surface area (Å²) in [6.07, 6.45) is 0.574. The molecule has 110 valence electrons. The fraction of sp³-hybridized carbons (Fsp3) is 0.500. The van der Waals surface area contributed by atoms with Gasteiger partial charge in [0.2, 0.25) is 0 Å². The Morgan fingerprint density at radius 2 is 2.35 bits per heavy atom. The highest BCUT2D eigenvalue weighted by molar-refractivity contribution is 5.67. The molecule has 0 spiro atoms. The second kappa shape index (κ2) is 5.83. The first kappa shape index (κ1) is 14.2. The normalized spacial score (nSPS) is 19.0. The molecule has 1 aliphatic heterocycles. The topological polar surface area (TPSA) is 112 Å². The van der Waals surface area contributed by atoms with E-state index in [1.165, 1.54) is 12.0 Å². The molecule has 8 heteroatoms. The third-order valence-electron chi connectivity index (χ3n) is 3.37. The lowest BCUT2D eigenvalue weighted by molar-refractivity contribution is 0.0909. The Hall–Kier alpha value is -2.22. The molecule has 1 saturated heterocycles. The Bertz CT molecular complexity index is 496. The first-order valence-corrected chi connectivity index (χ1v) is 6.21. The summed E-state index contributed by atoms with van der Waals surface area (Å²) in [5, 5.41) is 18.4. The number of carboxylic acid groups (broad SMARTS) is 1. The fourth-order valence-corrected chi connectivity index (χ4v) is 2.33. The maximum atomic E-state index is 11.1. The number of methoxy groups -OCH3 is 1. The molecule has 0 unspecified atom stereocenters. The molecule has 4 N–H and O–H groups in total. The van der Waals surface area contributed by atoms with Crippen molar-refractivity contribution in [3.8, 4) is 5.75 Å². The van der Waals surface area contributed by atoms with Crippen LogP contribution in [0.3, 0.4) is 0 Å². The van der Waals surface area contributed by atoms with Crippen LogP contribution in [0.5, 0.6) is 5.75 Å². The van der Waals surface area contributed by atoms with Gasteiger partial charge in [0, 0.05) is 25.7 Å². The van der Waals surface area contributed by atoms with Gasteiger partial charge in [-0.2, -0.15) is 0 Å². The number of pyridine rings is 1. The van der Waals surface area contributed by atoms with E-state index >= 15 is 0 Å². The minimum absolute atomic E-state index is 0.229. The summed E-state index contributed by atoms with van der Waals surface area (Å²) in [6, 6.07) is 1.15. The summed E-state index contributed by atoms with van der Waals surface area (Å²) >= 11 is 0. The average Bonchev–Trinajstić information content (AvgIpc) is 2.46. The van der Waals surface area contributed by atoms with Crippen molar-refractivity contribution in [1.29, 1.82) is 0 Å². The average molecular weight is 282 g/mol. The van der Waals surface area contributed by atoms with Gasteiger partial charge in [0.1, 0.15) is 11.6 Å². The Morgan fingerprint density at radius 1 is 1.60 bits per heavy atom. The van der Waals surface area contributed by atoms with E-state index in [0.29, 0.717) is 31.2 Å². The van der Waals surface area contributed by atoms with E-state index in [2.05, 4.69) is 4.98 Å². The highest BCUT2D eigenvalue weighted by atomic mass is 16.5. The van der Waals surface area contributed by atoms with Crippen LogP contribution in [0.25, 0.3) is 0 Å². The monoisotopic (exact) mass is 282 g/mol. The number of anilines is 2. The molecule has 1 aliphatic rings. The smallest absolute Gasteiger partial charge is 0.407 e. The molecule has 2 rings (SSSR count). The first-order chi connectivity index (χ1) is 9.56. The van der Waals surface area contributed by atoms with Crippen molar-refractivity contribution >= 4 is 17.6 Å². The zero-order chi connectivity index (χ0) is 14.7. The number of nitrogens with two attached hydrogens (primary N) is 1. The van der Waals surface area contributed by atoms with Crippen LogP contribution in [0.4, 0.5) is 16.3 Å². The van der Waals surface area contributed by atoms with Crippen molar-refractivity contribution in [2.24, 2.45) is 0 Å². The molecular formula is C12H18N4O4. The molecule has 0 saturated carbocycles. The van der Waals surface area contributed by atoms with Gasteiger partial charge < -0.3 is 25.6 Å². The van der Waals surface area contributed by atoms with Crippen LogP contribution in [0, 0.1) is 0 Å². The predicted octanol–water partition coefficient (Wildman–Crippen LogP) is -0.167. The van der Waals surface area contributed by atoms with Gasteiger partial charge in [0.15, 0.2) is 0 Å². The van der Waals surface area contributed by atoms with E-state index in [4.69, 9.17) is 15.6 Å². The van der Waals surface area contributed by atoms with Crippen molar-refractivity contribution in [2.75, 3.05) is 44.0 Å². The van der Waals surface area contributed by atoms with Crippen molar-refractivity contribution in [3.63, 3.8) is 0 Å². The number of ether oxygens (including phenoxy) is 1. The fourth-order valence-electron chi connectivity index (χ4n) is 2.33. The lowest BCUT2D eigenvalue weighted by atomic mass is 10.1. The molecule has 8 nitrogen and oxygen atoms in total. The Labute approximate surface area is 116 Å². The maximum Gasteiger partial charge on any atom is 0.407 e. The van der Waals surface area contributed by atoms with Crippen LogP contribution in [-0.4, -0.2) is 65.6 Å². The molecule has 0 aromatic carbocycles. The lowest BCUT2D eigenvalue weighted by Crippen LogP contribution is -2.56. The minimum atomic E-state index is -1.02. The Kier molecular flexibility index (Phi) is 4.14. The minimum Gasteiger partial charge on any atom is -0.494 e. The van der Waals surface area contributed by atoms with Crippen LogP contribution in [-0.2, 0) is 0 Å². The largest absolute Gasteiger partial charge is 0.494 e. The van der Waals surface area contributed by atoms with Gasteiger partial charge in [0.25, 0.3) is 0 Å². The summed E-state index contributed by atoms with van der Waals surface area (Å²) in [6.45, 7) is 0.969. The Balaban J connectivity index is 2.21. The first-order valence-electron chi connectivity index (χ1n) is 6.21. The highest BCUT2D eigenvalue weighted by Gasteiger charge is 2.31. The number of carbonyl (C=O) groups is 1. The summed E-state index contributed by atoms with van der Waals surface area (Å²) in [5.74, 6) is 0.937. The summed E-state index contributed by atoms with van der Waals surface area (Å²) in [7, 11) is 1.54. The second-order valence-electron chi connectivity index (χ2n) is 4.54. The van der Waals surface area contributed by atoms with Crippen LogP contribution in [0.15, 0.2) is 12.3 Å². The van der Waals surface area contributed by atoms with Crippen LogP contribution >= 0.6 is 0 Å². The molecule has 20 heavy (non-hydrogen) atoms. The number of hydrogen-bond donors (Lipinski definition) is 3. The number of rotatable bonds is 3. The van der Waals surface area contributed by atoms with Gasteiger partial charge in [-0.1, -0.05) is 0 Å². The van der Waals surface area contributed by atoms with E-state index in [9.17, 15) is 9.90 Å². The summed E-state index contributed by atoms with van der Waals surface area (Å²) < 4.78 is 5.27. The third kappa shape index (κ3) is 2.69. The molecule has 1 amide bonds. The van der Waals surface area contributed by atoms with Gasteiger partial charge in [-0.05, 0) is 0 Å². The van der Waals surface area contributed by atoms with E-state index in [1.54, 1.807) is 12.3 Å². The van der Waals surface area contributed by atoms with Crippen LogP contribution < -0.4 is 15.4 Å². The number of aliphatic hydroxyl groups excluding tert-OH is 1. The van der Waals surface area contributed by atoms with Gasteiger partial charge >= 0.3 is 6.09 Å². The van der Waals surface area contributed by atoms with Crippen molar-refractivity contribution in [1.82, 2.24) is 9.88 Å². The molecule has 0 radical (unpaired) electrons. The van der Waals surface area contributed by atoms with Crippen molar-refractivity contribution < 1.29 is 19.7 Å².